The Labute approximate surface area is 175 Å². The number of rotatable bonds is 3. The molecule has 2 unspecified atom stereocenters. The summed E-state index contributed by atoms with van der Waals surface area (Å²) < 4.78 is 13.5. The smallest absolute Gasteiger partial charge is 0.225 e. The van der Waals surface area contributed by atoms with E-state index in [1.807, 2.05) is 18.3 Å². The molecule has 0 bridgehead atoms. The number of nitrogens with zero attached hydrogens (tertiary/aromatic N) is 4. The van der Waals surface area contributed by atoms with Gasteiger partial charge in [0.05, 0.1) is 12.3 Å². The number of benzene rings is 2. The van der Waals surface area contributed by atoms with Crippen LogP contribution in [0.5, 0.6) is 0 Å². The van der Waals surface area contributed by atoms with Crippen LogP contribution in [-0.4, -0.2) is 36.1 Å². The third-order valence-electron chi connectivity index (χ3n) is 6.16. The van der Waals surface area contributed by atoms with Gasteiger partial charge in [0.1, 0.15) is 5.82 Å². The maximum absolute atomic E-state index is 13.5. The lowest BCUT2D eigenvalue weighted by molar-refractivity contribution is 0.318. The molecule has 0 amide bonds. The third-order valence-corrected chi connectivity index (χ3v) is 6.16. The van der Waals surface area contributed by atoms with E-state index in [0.717, 1.165) is 54.5 Å². The molecule has 3 heterocycles. The third kappa shape index (κ3) is 3.53. The summed E-state index contributed by atoms with van der Waals surface area (Å²) in [4.78, 5) is 15.4. The summed E-state index contributed by atoms with van der Waals surface area (Å²) in [7, 11) is 0. The van der Waals surface area contributed by atoms with Gasteiger partial charge in [-0.15, -0.1) is 0 Å². The van der Waals surface area contributed by atoms with Gasteiger partial charge in [-0.25, -0.2) is 19.2 Å². The number of aromatic nitrogens is 2. The van der Waals surface area contributed by atoms with Crippen LogP contribution in [0.15, 0.2) is 54.7 Å². The molecule has 2 aromatic carbocycles. The molecule has 2 aliphatic rings. The lowest BCUT2D eigenvalue weighted by Gasteiger charge is -2.23. The highest BCUT2D eigenvalue weighted by atomic mass is 19.1. The summed E-state index contributed by atoms with van der Waals surface area (Å²) in [5.41, 5.74) is 4.03. The molecule has 0 aliphatic carbocycles. The second kappa shape index (κ2) is 7.85. The lowest BCUT2D eigenvalue weighted by atomic mass is 9.90. The van der Waals surface area contributed by atoms with E-state index in [0.29, 0.717) is 17.5 Å². The Kier molecular flexibility index (Phi) is 4.89. The van der Waals surface area contributed by atoms with Crippen molar-refractivity contribution in [3.05, 3.63) is 72.0 Å². The average Bonchev–Trinajstić information content (AvgIpc) is 3.24. The lowest BCUT2D eigenvalue weighted by Crippen LogP contribution is -2.35. The maximum atomic E-state index is 13.5. The van der Waals surface area contributed by atoms with E-state index in [-0.39, 0.29) is 5.82 Å². The quantitative estimate of drug-likeness (QED) is 0.657. The molecule has 5 rings (SSSR count). The van der Waals surface area contributed by atoms with Gasteiger partial charge < -0.3 is 10.2 Å². The molecule has 1 N–H and O–H groups in total. The van der Waals surface area contributed by atoms with Gasteiger partial charge in [-0.3, -0.25) is 0 Å². The van der Waals surface area contributed by atoms with Crippen molar-refractivity contribution in [2.75, 3.05) is 31.1 Å². The number of hydrogen-bond acceptors (Lipinski definition) is 4. The minimum Gasteiger partial charge on any atom is -0.340 e. The number of halogens is 1. The second-order valence-electron chi connectivity index (χ2n) is 8.02. The zero-order chi connectivity index (χ0) is 20.5. The van der Waals surface area contributed by atoms with Gasteiger partial charge in [0.15, 0.2) is 5.69 Å². The van der Waals surface area contributed by atoms with Crippen LogP contribution in [0.4, 0.5) is 16.0 Å². The van der Waals surface area contributed by atoms with Crippen LogP contribution in [0.25, 0.3) is 27.2 Å². The molecule has 30 heavy (non-hydrogen) atoms. The molecule has 2 saturated heterocycles. The fourth-order valence-electron chi connectivity index (χ4n) is 4.51. The van der Waals surface area contributed by atoms with Crippen molar-refractivity contribution >= 4 is 11.6 Å². The van der Waals surface area contributed by atoms with Crippen LogP contribution in [0.2, 0.25) is 0 Å². The first-order valence-electron chi connectivity index (χ1n) is 10.3. The molecule has 0 spiro atoms. The fraction of sp³-hybridized carbons (Fsp3) is 0.292. The number of anilines is 1. The van der Waals surface area contributed by atoms with Gasteiger partial charge in [-0.1, -0.05) is 36.4 Å². The molecular formula is C24H22FN5. The van der Waals surface area contributed by atoms with Gasteiger partial charge in [0.2, 0.25) is 5.95 Å². The fourth-order valence-corrected chi connectivity index (χ4v) is 4.51. The van der Waals surface area contributed by atoms with Crippen molar-refractivity contribution in [3.63, 3.8) is 0 Å². The van der Waals surface area contributed by atoms with E-state index >= 15 is 0 Å². The van der Waals surface area contributed by atoms with Crippen LogP contribution in [0.3, 0.4) is 0 Å². The Morgan fingerprint density at radius 3 is 2.47 bits per heavy atom. The minimum atomic E-state index is -0.271. The van der Waals surface area contributed by atoms with Crippen molar-refractivity contribution < 1.29 is 4.39 Å². The average molecular weight is 399 g/mol. The SMILES string of the molecule is [C-]#[N+]c1ccc(-c2nc(N3CC4CCNCC4C3)ncc2-c2ccc(F)cc2)cc1. The van der Waals surface area contributed by atoms with Crippen molar-refractivity contribution in [1.29, 1.82) is 0 Å². The van der Waals surface area contributed by atoms with Gasteiger partial charge >= 0.3 is 0 Å². The summed E-state index contributed by atoms with van der Waals surface area (Å²) in [6, 6.07) is 13.8. The first kappa shape index (κ1) is 18.7. The molecule has 6 heteroatoms. The predicted octanol–water partition coefficient (Wildman–Crippen LogP) is 4.55. The van der Waals surface area contributed by atoms with E-state index in [9.17, 15) is 4.39 Å². The summed E-state index contributed by atoms with van der Waals surface area (Å²) >= 11 is 0. The first-order chi connectivity index (χ1) is 14.7. The van der Waals surface area contributed by atoms with Crippen LogP contribution in [0, 0.1) is 24.2 Å². The zero-order valence-corrected chi connectivity index (χ0v) is 16.6. The number of fused-ring (bicyclic) bond motifs is 1. The normalized spacial score (nSPS) is 20.6. The number of piperidine rings is 1. The second-order valence-corrected chi connectivity index (χ2v) is 8.02. The molecule has 5 nitrogen and oxygen atoms in total. The summed E-state index contributed by atoms with van der Waals surface area (Å²) in [6.07, 6.45) is 3.04. The summed E-state index contributed by atoms with van der Waals surface area (Å²) in [6.45, 7) is 11.3. The Morgan fingerprint density at radius 1 is 1.00 bits per heavy atom. The van der Waals surface area contributed by atoms with E-state index in [2.05, 4.69) is 20.0 Å². The molecular weight excluding hydrogens is 377 g/mol. The van der Waals surface area contributed by atoms with Crippen LogP contribution < -0.4 is 10.2 Å². The minimum absolute atomic E-state index is 0.271. The van der Waals surface area contributed by atoms with Gasteiger partial charge in [-0.2, -0.15) is 0 Å². The molecule has 0 radical (unpaired) electrons. The predicted molar refractivity (Wildman–Crippen MR) is 116 cm³/mol. The van der Waals surface area contributed by atoms with Crippen LogP contribution in [0.1, 0.15) is 6.42 Å². The highest BCUT2D eigenvalue weighted by Gasteiger charge is 2.35. The maximum Gasteiger partial charge on any atom is 0.225 e. The molecule has 1 aromatic heterocycles. The van der Waals surface area contributed by atoms with Crippen molar-refractivity contribution in [1.82, 2.24) is 15.3 Å². The van der Waals surface area contributed by atoms with Crippen LogP contribution in [-0.2, 0) is 0 Å². The van der Waals surface area contributed by atoms with Gasteiger partial charge in [-0.05, 0) is 54.6 Å². The van der Waals surface area contributed by atoms with Gasteiger partial charge in [0.25, 0.3) is 0 Å². The van der Waals surface area contributed by atoms with Crippen molar-refractivity contribution in [2.24, 2.45) is 11.8 Å². The van der Waals surface area contributed by atoms with Crippen molar-refractivity contribution in [2.45, 2.75) is 6.42 Å². The summed E-state index contributed by atoms with van der Waals surface area (Å²) in [5, 5.41) is 3.49. The molecule has 0 saturated carbocycles. The number of nitrogens with one attached hydrogen (secondary N) is 1. The van der Waals surface area contributed by atoms with Gasteiger partial charge in [0, 0.05) is 24.8 Å². The molecule has 2 atom stereocenters. The zero-order valence-electron chi connectivity index (χ0n) is 16.6. The molecule has 3 aromatic rings. The van der Waals surface area contributed by atoms with Crippen LogP contribution >= 0.6 is 0 Å². The first-order valence-corrected chi connectivity index (χ1v) is 10.3. The van der Waals surface area contributed by atoms with E-state index < -0.39 is 0 Å². The van der Waals surface area contributed by atoms with Crippen molar-refractivity contribution in [3.8, 4) is 22.4 Å². The topological polar surface area (TPSA) is 45.4 Å². The molecule has 2 aliphatic heterocycles. The standard InChI is InChI=1S/C24H22FN5/c1-26-21-8-4-17(5-9-21)23-22(16-2-6-20(25)7-3-16)13-28-24(29-23)30-14-18-10-11-27-12-19(18)15-30/h2-9,13,18-19,27H,10-12,14-15H2. The Bertz CT molecular complexity index is 1070. The Hall–Kier alpha value is -3.30. The largest absolute Gasteiger partial charge is 0.340 e. The van der Waals surface area contributed by atoms with E-state index in [4.69, 9.17) is 11.6 Å². The van der Waals surface area contributed by atoms with E-state index in [1.165, 1.54) is 18.6 Å². The highest BCUT2D eigenvalue weighted by Crippen LogP contribution is 2.35. The Balaban J connectivity index is 1.56. The molecule has 2 fully saturated rings. The Morgan fingerprint density at radius 2 is 1.73 bits per heavy atom. The van der Waals surface area contributed by atoms with E-state index in [1.54, 1.807) is 24.3 Å². The summed E-state index contributed by atoms with van der Waals surface area (Å²) in [5.74, 6) is 1.79. The monoisotopic (exact) mass is 399 g/mol. The molecule has 150 valence electrons. The number of hydrogen-bond donors (Lipinski definition) is 1. The highest BCUT2D eigenvalue weighted by molar-refractivity contribution is 5.81.